The molecule has 2 amide bonds. The normalized spacial score (nSPS) is 34.3. The van der Waals surface area contributed by atoms with Crippen molar-refractivity contribution >= 4 is 35.1 Å². The number of hydrogen-bond acceptors (Lipinski definition) is 3. The van der Waals surface area contributed by atoms with Crippen LogP contribution in [0.2, 0.25) is 5.02 Å². The summed E-state index contributed by atoms with van der Waals surface area (Å²) < 4.78 is 0. The highest BCUT2D eigenvalue weighted by atomic mass is 35.5. The molecule has 5 rings (SSSR count). The van der Waals surface area contributed by atoms with E-state index in [4.69, 9.17) is 11.6 Å². The van der Waals surface area contributed by atoms with Gasteiger partial charge < -0.3 is 5.11 Å². The van der Waals surface area contributed by atoms with Crippen LogP contribution in [0.1, 0.15) is 23.2 Å². The molecule has 0 aromatic heterocycles. The molecule has 1 aromatic rings. The first-order valence-electron chi connectivity index (χ1n) is 8.05. The Balaban J connectivity index is 1.56. The number of hydrogen-bond donors (Lipinski definition) is 1. The molecule has 2 saturated carbocycles. The van der Waals surface area contributed by atoms with Gasteiger partial charge in [0, 0.05) is 0 Å². The number of nitrogens with zero attached hydrogens (tertiary/aromatic N) is 1. The third-order valence-corrected chi connectivity index (χ3v) is 6.62. The predicted molar refractivity (Wildman–Crippen MR) is 85.7 cm³/mol. The number of carboxylic acids is 1. The summed E-state index contributed by atoms with van der Waals surface area (Å²) >= 11 is 5.89. The van der Waals surface area contributed by atoms with E-state index in [9.17, 15) is 19.5 Å². The second-order valence-electron chi connectivity index (χ2n) is 7.20. The molecule has 4 atom stereocenters. The Bertz CT molecular complexity index is 823. The molecule has 4 aliphatic rings. The lowest BCUT2D eigenvalue weighted by Gasteiger charge is -2.22. The maximum absolute atomic E-state index is 13.0. The van der Waals surface area contributed by atoms with Crippen LogP contribution in [0.15, 0.2) is 30.4 Å². The predicted octanol–water partition coefficient (Wildman–Crippen LogP) is 2.74. The second kappa shape index (κ2) is 4.28. The average molecular weight is 344 g/mol. The number of imide groups is 1. The van der Waals surface area contributed by atoms with E-state index >= 15 is 0 Å². The SMILES string of the molecule is O=C(O)c1cc(N2C(=O)[C@@H]3[C@@H](C2=O)[C@H]2C=C[C@H]3C23CC3)ccc1Cl. The Labute approximate surface area is 142 Å². The lowest BCUT2D eigenvalue weighted by molar-refractivity contribution is -0.123. The molecule has 1 aromatic carbocycles. The number of carbonyl (C=O) groups excluding carboxylic acids is 2. The summed E-state index contributed by atoms with van der Waals surface area (Å²) in [6.07, 6.45) is 6.40. The van der Waals surface area contributed by atoms with Gasteiger partial charge in [0.25, 0.3) is 0 Å². The van der Waals surface area contributed by atoms with Gasteiger partial charge in [-0.1, -0.05) is 23.8 Å². The van der Waals surface area contributed by atoms with Gasteiger partial charge in [0.15, 0.2) is 0 Å². The van der Waals surface area contributed by atoms with Crippen molar-refractivity contribution in [2.45, 2.75) is 12.8 Å². The summed E-state index contributed by atoms with van der Waals surface area (Å²) in [6.45, 7) is 0. The summed E-state index contributed by atoms with van der Waals surface area (Å²) in [5, 5.41) is 9.30. The molecule has 6 heteroatoms. The molecule has 1 aliphatic heterocycles. The smallest absolute Gasteiger partial charge is 0.337 e. The summed E-state index contributed by atoms with van der Waals surface area (Å²) in [5.74, 6) is -1.86. The lowest BCUT2D eigenvalue weighted by Crippen LogP contribution is -2.34. The molecule has 2 bridgehead atoms. The Morgan fingerprint density at radius 1 is 1.12 bits per heavy atom. The van der Waals surface area contributed by atoms with Crippen LogP contribution >= 0.6 is 11.6 Å². The Morgan fingerprint density at radius 3 is 2.21 bits per heavy atom. The number of rotatable bonds is 2. The molecule has 122 valence electrons. The van der Waals surface area contributed by atoms with Gasteiger partial charge in [0.1, 0.15) is 0 Å². The molecule has 1 heterocycles. The van der Waals surface area contributed by atoms with Crippen LogP contribution < -0.4 is 4.90 Å². The number of amides is 2. The minimum atomic E-state index is -1.18. The van der Waals surface area contributed by atoms with Crippen molar-refractivity contribution in [1.82, 2.24) is 0 Å². The van der Waals surface area contributed by atoms with Crippen LogP contribution in [0, 0.1) is 29.1 Å². The fraction of sp³-hybridized carbons (Fsp3) is 0.389. The van der Waals surface area contributed by atoms with Gasteiger partial charge in [-0.3, -0.25) is 9.59 Å². The maximum Gasteiger partial charge on any atom is 0.337 e. The Morgan fingerprint density at radius 2 is 1.71 bits per heavy atom. The molecule has 3 fully saturated rings. The number of carboxylic acid groups (broad SMARTS) is 1. The molecule has 1 N–H and O–H groups in total. The quantitative estimate of drug-likeness (QED) is 0.662. The van der Waals surface area contributed by atoms with Gasteiger partial charge in [-0.15, -0.1) is 0 Å². The lowest BCUT2D eigenvalue weighted by atomic mass is 9.85. The first-order chi connectivity index (χ1) is 11.5. The number of aromatic carboxylic acids is 1. The monoisotopic (exact) mass is 343 g/mol. The van der Waals surface area contributed by atoms with Gasteiger partial charge >= 0.3 is 5.97 Å². The van der Waals surface area contributed by atoms with Gasteiger partial charge in [-0.05, 0) is 48.3 Å². The maximum atomic E-state index is 13.0. The van der Waals surface area contributed by atoms with Crippen LogP contribution in [-0.2, 0) is 9.59 Å². The van der Waals surface area contributed by atoms with Crippen molar-refractivity contribution in [3.05, 3.63) is 40.9 Å². The van der Waals surface area contributed by atoms with Gasteiger partial charge in [0.2, 0.25) is 11.8 Å². The molecule has 1 spiro atoms. The first-order valence-corrected chi connectivity index (χ1v) is 8.42. The fourth-order valence-electron chi connectivity index (χ4n) is 5.15. The highest BCUT2D eigenvalue weighted by Crippen LogP contribution is 2.73. The molecule has 3 aliphatic carbocycles. The molecular formula is C18H14ClNO4. The number of fused-ring (bicyclic) bond motifs is 3. The molecule has 1 saturated heterocycles. The molecule has 24 heavy (non-hydrogen) atoms. The van der Waals surface area contributed by atoms with Gasteiger partial charge in [-0.25, -0.2) is 9.69 Å². The number of benzene rings is 1. The average Bonchev–Trinajstić information content (AvgIpc) is 3.14. The third-order valence-electron chi connectivity index (χ3n) is 6.29. The van der Waals surface area contributed by atoms with Crippen LogP contribution in [0.3, 0.4) is 0 Å². The topological polar surface area (TPSA) is 74.7 Å². The van der Waals surface area contributed by atoms with E-state index in [0.717, 1.165) is 12.8 Å². The Hall–Kier alpha value is -2.14. The zero-order valence-corrected chi connectivity index (χ0v) is 13.4. The molecule has 0 radical (unpaired) electrons. The molecule has 0 unspecified atom stereocenters. The number of anilines is 1. The van der Waals surface area contributed by atoms with Crippen molar-refractivity contribution in [3.8, 4) is 0 Å². The zero-order chi connectivity index (χ0) is 16.8. The van der Waals surface area contributed by atoms with E-state index in [1.165, 1.54) is 23.1 Å². The van der Waals surface area contributed by atoms with Crippen molar-refractivity contribution in [2.75, 3.05) is 4.90 Å². The van der Waals surface area contributed by atoms with Crippen molar-refractivity contribution in [2.24, 2.45) is 29.1 Å². The van der Waals surface area contributed by atoms with Crippen molar-refractivity contribution in [1.29, 1.82) is 0 Å². The standard InChI is InChI=1S/C18H14ClNO4/c19-12-4-1-8(7-9(12)17(23)24)20-15(21)13-10-2-3-11(14(13)16(20)22)18(10)5-6-18/h1-4,7,10-11,13-14H,5-6H2,(H,23,24)/t10-,11-,13+,14+/m1/s1. The van der Waals surface area contributed by atoms with E-state index in [-0.39, 0.29) is 51.5 Å². The number of allylic oxidation sites excluding steroid dienone is 2. The van der Waals surface area contributed by atoms with E-state index in [1.54, 1.807) is 0 Å². The summed E-state index contributed by atoms with van der Waals surface area (Å²) in [6, 6.07) is 4.27. The van der Waals surface area contributed by atoms with E-state index in [1.807, 2.05) is 0 Å². The highest BCUT2D eigenvalue weighted by molar-refractivity contribution is 6.34. The zero-order valence-electron chi connectivity index (χ0n) is 12.6. The highest BCUT2D eigenvalue weighted by Gasteiger charge is 2.73. The summed E-state index contributed by atoms with van der Waals surface area (Å²) in [5.41, 5.74) is 0.343. The van der Waals surface area contributed by atoms with Gasteiger partial charge in [0.05, 0.1) is 28.1 Å². The second-order valence-corrected chi connectivity index (χ2v) is 7.61. The largest absolute Gasteiger partial charge is 0.478 e. The van der Waals surface area contributed by atoms with E-state index in [2.05, 4.69) is 12.2 Å². The number of halogens is 1. The minimum absolute atomic E-state index is 0.0872. The first kappa shape index (κ1) is 14.2. The van der Waals surface area contributed by atoms with Crippen molar-refractivity contribution < 1.29 is 19.5 Å². The van der Waals surface area contributed by atoms with Crippen molar-refractivity contribution in [3.63, 3.8) is 0 Å². The molecule has 5 nitrogen and oxygen atoms in total. The minimum Gasteiger partial charge on any atom is -0.478 e. The van der Waals surface area contributed by atoms with E-state index in [0.29, 0.717) is 5.69 Å². The number of carbonyl (C=O) groups is 3. The summed E-state index contributed by atoms with van der Waals surface area (Å²) in [4.78, 5) is 38.4. The fourth-order valence-corrected chi connectivity index (χ4v) is 5.35. The van der Waals surface area contributed by atoms with E-state index < -0.39 is 5.97 Å². The third kappa shape index (κ3) is 1.49. The van der Waals surface area contributed by atoms with Crippen LogP contribution in [0.4, 0.5) is 5.69 Å². The van der Waals surface area contributed by atoms with Crippen LogP contribution in [0.5, 0.6) is 0 Å². The van der Waals surface area contributed by atoms with Gasteiger partial charge in [-0.2, -0.15) is 0 Å². The van der Waals surface area contributed by atoms with Crippen LogP contribution in [-0.4, -0.2) is 22.9 Å². The van der Waals surface area contributed by atoms with Crippen LogP contribution in [0.25, 0.3) is 0 Å². The molecular weight excluding hydrogens is 330 g/mol. The summed E-state index contributed by atoms with van der Waals surface area (Å²) in [7, 11) is 0. The Kier molecular flexibility index (Phi) is 2.53.